The largest absolute Gasteiger partial charge is 0.490 e. The topological polar surface area (TPSA) is 59.0 Å². The van der Waals surface area contributed by atoms with E-state index < -0.39 is 29.1 Å². The maximum absolute atomic E-state index is 14.5. The molecule has 0 bridgehead atoms. The van der Waals surface area contributed by atoms with Crippen molar-refractivity contribution in [1.82, 2.24) is 4.90 Å². The lowest BCUT2D eigenvalue weighted by atomic mass is 9.91. The van der Waals surface area contributed by atoms with Crippen molar-refractivity contribution < 1.29 is 36.9 Å². The molecule has 4 rings (SSSR count). The van der Waals surface area contributed by atoms with Gasteiger partial charge in [0.05, 0.1) is 24.3 Å². The maximum atomic E-state index is 14.5. The number of ether oxygens (including phenoxy) is 2. The molecular weight excluding hydrogens is 418 g/mol. The number of carbonyl (C=O) groups is 1. The number of amides is 1. The van der Waals surface area contributed by atoms with Crippen LogP contribution >= 0.6 is 0 Å². The van der Waals surface area contributed by atoms with Crippen LogP contribution in [0.5, 0.6) is 5.75 Å². The molecule has 5 nitrogen and oxygen atoms in total. The van der Waals surface area contributed by atoms with Gasteiger partial charge in [0, 0.05) is 25.9 Å². The summed E-state index contributed by atoms with van der Waals surface area (Å²) in [6.07, 6.45) is -3.70. The normalized spacial score (nSPS) is 19.1. The molecule has 0 spiro atoms. The van der Waals surface area contributed by atoms with Crippen molar-refractivity contribution in [1.29, 1.82) is 0 Å². The van der Waals surface area contributed by atoms with E-state index in [0.29, 0.717) is 37.2 Å². The molecule has 2 aromatic rings. The Morgan fingerprint density at radius 1 is 1.10 bits per heavy atom. The minimum atomic E-state index is -4.40. The average Bonchev–Trinajstić information content (AvgIpc) is 2.72. The first-order valence-corrected chi connectivity index (χ1v) is 9.89. The van der Waals surface area contributed by atoms with Gasteiger partial charge in [0.2, 0.25) is 0 Å². The molecule has 2 aromatic carbocycles. The Morgan fingerprint density at radius 3 is 2.26 bits per heavy atom. The number of aliphatic hydroxyl groups is 1. The number of hydrogen-bond donors (Lipinski definition) is 1. The molecule has 2 fully saturated rings. The van der Waals surface area contributed by atoms with Crippen LogP contribution in [0.3, 0.4) is 0 Å². The molecular formula is C22H21F4NO4. The van der Waals surface area contributed by atoms with Gasteiger partial charge < -0.3 is 19.5 Å². The van der Waals surface area contributed by atoms with Gasteiger partial charge in [0.1, 0.15) is 23.3 Å². The number of rotatable bonds is 4. The fourth-order valence-corrected chi connectivity index (χ4v) is 3.70. The van der Waals surface area contributed by atoms with E-state index in [-0.39, 0.29) is 24.9 Å². The first kappa shape index (κ1) is 21.6. The van der Waals surface area contributed by atoms with Crippen LogP contribution in [0.15, 0.2) is 42.5 Å². The van der Waals surface area contributed by atoms with E-state index in [9.17, 15) is 27.5 Å². The molecule has 166 valence electrons. The minimum absolute atomic E-state index is 0.0744. The molecule has 9 heteroatoms. The molecule has 1 amide bonds. The number of nitrogens with zero attached hydrogens (tertiary/aromatic N) is 1. The van der Waals surface area contributed by atoms with Crippen LogP contribution in [0.25, 0.3) is 0 Å². The molecule has 0 unspecified atom stereocenters. The molecule has 0 atom stereocenters. The highest BCUT2D eigenvalue weighted by atomic mass is 19.4. The van der Waals surface area contributed by atoms with Crippen molar-refractivity contribution in [3.63, 3.8) is 0 Å². The third-order valence-electron chi connectivity index (χ3n) is 5.63. The molecule has 2 heterocycles. The van der Waals surface area contributed by atoms with Crippen LogP contribution < -0.4 is 4.74 Å². The zero-order valence-electron chi connectivity index (χ0n) is 16.5. The van der Waals surface area contributed by atoms with E-state index in [1.165, 1.54) is 29.2 Å². The van der Waals surface area contributed by atoms with Gasteiger partial charge in [-0.3, -0.25) is 4.79 Å². The van der Waals surface area contributed by atoms with E-state index in [4.69, 9.17) is 9.47 Å². The molecule has 2 saturated heterocycles. The van der Waals surface area contributed by atoms with Crippen molar-refractivity contribution in [2.45, 2.75) is 30.7 Å². The first-order chi connectivity index (χ1) is 14.7. The van der Waals surface area contributed by atoms with E-state index in [1.54, 1.807) is 0 Å². The Hall–Kier alpha value is -2.65. The lowest BCUT2D eigenvalue weighted by Crippen LogP contribution is -2.46. The van der Waals surface area contributed by atoms with Crippen LogP contribution in [-0.2, 0) is 16.5 Å². The summed E-state index contributed by atoms with van der Waals surface area (Å²) in [6.45, 7) is 0.852. The molecule has 0 saturated carbocycles. The summed E-state index contributed by atoms with van der Waals surface area (Å²) >= 11 is 0. The Balaban J connectivity index is 1.34. The fraction of sp³-hybridized carbons (Fsp3) is 0.409. The number of halogens is 4. The monoisotopic (exact) mass is 439 g/mol. The first-order valence-electron chi connectivity index (χ1n) is 9.89. The zero-order valence-corrected chi connectivity index (χ0v) is 16.5. The fourth-order valence-electron chi connectivity index (χ4n) is 3.70. The van der Waals surface area contributed by atoms with Gasteiger partial charge in [-0.15, -0.1) is 0 Å². The van der Waals surface area contributed by atoms with Gasteiger partial charge in [0.15, 0.2) is 0 Å². The summed E-state index contributed by atoms with van der Waals surface area (Å²) in [7, 11) is 0. The molecule has 1 N–H and O–H groups in total. The smallest absolute Gasteiger partial charge is 0.416 e. The molecule has 0 radical (unpaired) electrons. The third-order valence-corrected chi connectivity index (χ3v) is 5.63. The molecule has 31 heavy (non-hydrogen) atoms. The predicted molar refractivity (Wildman–Crippen MR) is 102 cm³/mol. The van der Waals surface area contributed by atoms with E-state index in [1.807, 2.05) is 0 Å². The summed E-state index contributed by atoms with van der Waals surface area (Å²) in [6, 6.07) is 8.54. The Morgan fingerprint density at radius 2 is 1.74 bits per heavy atom. The van der Waals surface area contributed by atoms with Crippen LogP contribution in [0.1, 0.15) is 34.3 Å². The summed E-state index contributed by atoms with van der Waals surface area (Å²) in [5.41, 5.74) is -1.66. The minimum Gasteiger partial charge on any atom is -0.490 e. The maximum Gasteiger partial charge on any atom is 0.416 e. The van der Waals surface area contributed by atoms with Crippen LogP contribution in [0.4, 0.5) is 17.6 Å². The lowest BCUT2D eigenvalue weighted by molar-refractivity contribution is -0.184. The second-order valence-electron chi connectivity index (χ2n) is 7.85. The van der Waals surface area contributed by atoms with Crippen LogP contribution in [-0.4, -0.2) is 48.3 Å². The van der Waals surface area contributed by atoms with E-state index in [0.717, 1.165) is 18.2 Å². The second-order valence-corrected chi connectivity index (χ2v) is 7.85. The van der Waals surface area contributed by atoms with Gasteiger partial charge in [-0.05, 0) is 42.0 Å². The third kappa shape index (κ3) is 4.52. The highest BCUT2D eigenvalue weighted by Gasteiger charge is 2.39. The molecule has 0 aliphatic carbocycles. The van der Waals surface area contributed by atoms with Gasteiger partial charge in [-0.1, -0.05) is 6.07 Å². The highest BCUT2D eigenvalue weighted by Crippen LogP contribution is 2.32. The van der Waals surface area contributed by atoms with Crippen molar-refractivity contribution >= 4 is 5.91 Å². The van der Waals surface area contributed by atoms with Crippen molar-refractivity contribution in [2.24, 2.45) is 0 Å². The number of piperidine rings is 1. The average molecular weight is 439 g/mol. The van der Waals surface area contributed by atoms with Gasteiger partial charge in [-0.25, -0.2) is 4.39 Å². The number of alkyl halides is 3. The van der Waals surface area contributed by atoms with Crippen molar-refractivity contribution in [3.8, 4) is 5.75 Å². The van der Waals surface area contributed by atoms with Crippen molar-refractivity contribution in [3.05, 3.63) is 65.0 Å². The van der Waals surface area contributed by atoms with Gasteiger partial charge in [-0.2, -0.15) is 13.2 Å². The Labute approximate surface area is 176 Å². The molecule has 2 aliphatic rings. The van der Waals surface area contributed by atoms with Gasteiger partial charge >= 0.3 is 6.18 Å². The molecule has 0 aromatic heterocycles. The Bertz CT molecular complexity index is 949. The second kappa shape index (κ2) is 8.12. The lowest BCUT2D eigenvalue weighted by Gasteiger charge is -2.37. The Kier molecular flexibility index (Phi) is 5.65. The van der Waals surface area contributed by atoms with E-state index in [2.05, 4.69) is 0 Å². The zero-order chi connectivity index (χ0) is 22.2. The predicted octanol–water partition coefficient (Wildman–Crippen LogP) is 3.75. The summed E-state index contributed by atoms with van der Waals surface area (Å²) in [5, 5.41) is 10.2. The standard InChI is InChI=1S/C22H21F4NO4/c23-19-11-15(21(29)12-30-13-21)3-6-18(19)20(28)27-9-7-17(8-10-27)31-16-4-1-14(2-5-16)22(24,25)26/h1-6,11,17,29H,7-10,12-13H2. The van der Waals surface area contributed by atoms with Crippen LogP contribution in [0, 0.1) is 5.82 Å². The highest BCUT2D eigenvalue weighted by molar-refractivity contribution is 5.94. The number of likely N-dealkylation sites (tertiary alicyclic amines) is 1. The SMILES string of the molecule is O=C(c1ccc(C2(O)COC2)cc1F)N1CCC(Oc2ccc(C(F)(F)F)cc2)CC1. The van der Waals surface area contributed by atoms with Gasteiger partial charge in [0.25, 0.3) is 5.91 Å². The van der Waals surface area contributed by atoms with E-state index >= 15 is 0 Å². The van der Waals surface area contributed by atoms with Crippen LogP contribution in [0.2, 0.25) is 0 Å². The number of benzene rings is 2. The quantitative estimate of drug-likeness (QED) is 0.738. The number of hydrogen-bond acceptors (Lipinski definition) is 4. The summed E-state index contributed by atoms with van der Waals surface area (Å²) < 4.78 is 63.2. The number of carbonyl (C=O) groups excluding carboxylic acids is 1. The summed E-state index contributed by atoms with van der Waals surface area (Å²) in [4.78, 5) is 14.2. The van der Waals surface area contributed by atoms with Crippen molar-refractivity contribution in [2.75, 3.05) is 26.3 Å². The molecule has 2 aliphatic heterocycles. The summed E-state index contributed by atoms with van der Waals surface area (Å²) in [5.74, 6) is -0.822.